The molecule has 1 rings (SSSR count). The molecule has 3 nitrogen and oxygen atoms in total. The van der Waals surface area contributed by atoms with Gasteiger partial charge in [0.1, 0.15) is 0 Å². The Hall–Kier alpha value is -0.570. The molecule has 0 spiro atoms. The molecule has 0 aliphatic heterocycles. The Morgan fingerprint density at radius 2 is 1.82 bits per heavy atom. The van der Waals surface area contributed by atoms with E-state index in [1.165, 1.54) is 25.7 Å². The molecule has 1 aliphatic rings. The van der Waals surface area contributed by atoms with Crippen molar-refractivity contribution in [2.75, 3.05) is 13.1 Å². The van der Waals surface area contributed by atoms with Gasteiger partial charge in [0.2, 0.25) is 5.91 Å². The Kier molecular flexibility index (Phi) is 5.96. The topological polar surface area (TPSA) is 55.1 Å². The molecule has 0 aromatic rings. The van der Waals surface area contributed by atoms with Gasteiger partial charge in [-0.2, -0.15) is 0 Å². The normalized spacial score (nSPS) is 26.9. The fourth-order valence-electron chi connectivity index (χ4n) is 2.56. The first-order valence-electron chi connectivity index (χ1n) is 7.04. The van der Waals surface area contributed by atoms with Crippen molar-refractivity contribution in [3.05, 3.63) is 0 Å². The minimum absolute atomic E-state index is 0.106. The minimum Gasteiger partial charge on any atom is -0.356 e. The molecule has 1 fully saturated rings. The fraction of sp³-hybridized carbons (Fsp3) is 0.929. The minimum atomic E-state index is 0.106. The van der Waals surface area contributed by atoms with Crippen LogP contribution in [0.3, 0.4) is 0 Å². The third kappa shape index (κ3) is 4.30. The van der Waals surface area contributed by atoms with Crippen LogP contribution in [0.15, 0.2) is 0 Å². The van der Waals surface area contributed by atoms with Crippen molar-refractivity contribution >= 4 is 5.91 Å². The molecule has 1 aliphatic carbocycles. The van der Waals surface area contributed by atoms with E-state index in [0.29, 0.717) is 17.8 Å². The van der Waals surface area contributed by atoms with Crippen molar-refractivity contribution in [1.82, 2.24) is 5.32 Å². The number of hydrogen-bond acceptors (Lipinski definition) is 2. The summed E-state index contributed by atoms with van der Waals surface area (Å²) in [6, 6.07) is 0. The van der Waals surface area contributed by atoms with Crippen LogP contribution in [0.5, 0.6) is 0 Å². The van der Waals surface area contributed by atoms with Crippen LogP contribution in [0, 0.1) is 23.7 Å². The second-order valence-corrected chi connectivity index (χ2v) is 5.82. The quantitative estimate of drug-likeness (QED) is 0.773. The van der Waals surface area contributed by atoms with E-state index in [4.69, 9.17) is 5.73 Å². The lowest BCUT2D eigenvalue weighted by Gasteiger charge is -2.31. The number of rotatable bonds is 5. The standard InChI is InChI=1S/C14H28N2O/c1-10(2)11(3)14(17)16-9-13-7-5-4-6-12(13)8-15/h10-13H,4-9,15H2,1-3H3,(H,16,17). The van der Waals surface area contributed by atoms with E-state index in [1.807, 2.05) is 6.92 Å². The van der Waals surface area contributed by atoms with E-state index in [2.05, 4.69) is 19.2 Å². The number of amides is 1. The van der Waals surface area contributed by atoms with Gasteiger partial charge in [-0.05, 0) is 37.1 Å². The summed E-state index contributed by atoms with van der Waals surface area (Å²) in [4.78, 5) is 11.9. The van der Waals surface area contributed by atoms with Gasteiger partial charge in [-0.15, -0.1) is 0 Å². The smallest absolute Gasteiger partial charge is 0.223 e. The number of nitrogens with one attached hydrogen (secondary N) is 1. The molecule has 3 unspecified atom stereocenters. The number of carbonyl (C=O) groups excluding carboxylic acids is 1. The third-order valence-electron chi connectivity index (χ3n) is 4.32. The Balaban J connectivity index is 2.35. The summed E-state index contributed by atoms with van der Waals surface area (Å²) in [6.45, 7) is 7.76. The molecule has 0 aromatic carbocycles. The monoisotopic (exact) mass is 240 g/mol. The molecular weight excluding hydrogens is 212 g/mol. The molecule has 100 valence electrons. The van der Waals surface area contributed by atoms with Crippen molar-refractivity contribution in [2.24, 2.45) is 29.4 Å². The first-order chi connectivity index (χ1) is 8.06. The van der Waals surface area contributed by atoms with Crippen LogP contribution >= 0.6 is 0 Å². The average Bonchev–Trinajstić information content (AvgIpc) is 2.35. The van der Waals surface area contributed by atoms with Crippen LogP contribution in [-0.2, 0) is 4.79 Å². The number of hydrogen-bond donors (Lipinski definition) is 2. The molecule has 0 radical (unpaired) electrons. The van der Waals surface area contributed by atoms with E-state index in [0.717, 1.165) is 13.1 Å². The van der Waals surface area contributed by atoms with Crippen molar-refractivity contribution in [3.63, 3.8) is 0 Å². The molecule has 0 bridgehead atoms. The van der Waals surface area contributed by atoms with Gasteiger partial charge in [0, 0.05) is 12.5 Å². The van der Waals surface area contributed by atoms with E-state index in [-0.39, 0.29) is 11.8 Å². The van der Waals surface area contributed by atoms with Gasteiger partial charge in [0.15, 0.2) is 0 Å². The lowest BCUT2D eigenvalue weighted by atomic mass is 9.79. The van der Waals surface area contributed by atoms with Gasteiger partial charge < -0.3 is 11.1 Å². The maximum Gasteiger partial charge on any atom is 0.223 e. The summed E-state index contributed by atoms with van der Waals surface area (Å²) >= 11 is 0. The van der Waals surface area contributed by atoms with Crippen LogP contribution in [0.2, 0.25) is 0 Å². The predicted octanol–water partition coefficient (Wildman–Crippen LogP) is 2.16. The highest BCUT2D eigenvalue weighted by Crippen LogP contribution is 2.28. The first-order valence-corrected chi connectivity index (χ1v) is 7.04. The van der Waals surface area contributed by atoms with Crippen molar-refractivity contribution in [3.8, 4) is 0 Å². The summed E-state index contributed by atoms with van der Waals surface area (Å²) in [5, 5.41) is 3.10. The van der Waals surface area contributed by atoms with Crippen LogP contribution in [0.1, 0.15) is 46.5 Å². The van der Waals surface area contributed by atoms with Crippen molar-refractivity contribution in [1.29, 1.82) is 0 Å². The highest BCUT2D eigenvalue weighted by atomic mass is 16.1. The molecule has 3 atom stereocenters. The zero-order valence-corrected chi connectivity index (χ0v) is 11.5. The van der Waals surface area contributed by atoms with Crippen LogP contribution in [0.25, 0.3) is 0 Å². The zero-order valence-electron chi connectivity index (χ0n) is 11.5. The van der Waals surface area contributed by atoms with E-state index in [9.17, 15) is 4.79 Å². The van der Waals surface area contributed by atoms with Crippen molar-refractivity contribution in [2.45, 2.75) is 46.5 Å². The second kappa shape index (κ2) is 7.00. The molecule has 1 amide bonds. The summed E-state index contributed by atoms with van der Waals surface area (Å²) in [5.74, 6) is 1.92. The van der Waals surface area contributed by atoms with Gasteiger partial charge in [-0.1, -0.05) is 33.6 Å². The van der Waals surface area contributed by atoms with Gasteiger partial charge in [0.25, 0.3) is 0 Å². The van der Waals surface area contributed by atoms with Crippen LogP contribution < -0.4 is 11.1 Å². The first kappa shape index (κ1) is 14.5. The lowest BCUT2D eigenvalue weighted by Crippen LogP contribution is -2.39. The van der Waals surface area contributed by atoms with Gasteiger partial charge in [-0.3, -0.25) is 4.79 Å². The summed E-state index contributed by atoms with van der Waals surface area (Å²) in [5.41, 5.74) is 5.80. The summed E-state index contributed by atoms with van der Waals surface area (Å²) < 4.78 is 0. The molecule has 17 heavy (non-hydrogen) atoms. The van der Waals surface area contributed by atoms with E-state index in [1.54, 1.807) is 0 Å². The molecule has 3 heteroatoms. The Labute approximate surface area is 106 Å². The fourth-order valence-corrected chi connectivity index (χ4v) is 2.56. The molecule has 0 heterocycles. The predicted molar refractivity (Wildman–Crippen MR) is 71.5 cm³/mol. The van der Waals surface area contributed by atoms with Gasteiger partial charge in [0.05, 0.1) is 0 Å². The largest absolute Gasteiger partial charge is 0.356 e. The Bertz CT molecular complexity index is 240. The average molecular weight is 240 g/mol. The second-order valence-electron chi connectivity index (χ2n) is 5.82. The van der Waals surface area contributed by atoms with E-state index < -0.39 is 0 Å². The Morgan fingerprint density at radius 3 is 2.35 bits per heavy atom. The SMILES string of the molecule is CC(C)C(C)C(=O)NCC1CCCCC1CN. The van der Waals surface area contributed by atoms with E-state index >= 15 is 0 Å². The zero-order chi connectivity index (χ0) is 12.8. The Morgan fingerprint density at radius 1 is 1.24 bits per heavy atom. The lowest BCUT2D eigenvalue weighted by molar-refractivity contribution is -0.126. The highest BCUT2D eigenvalue weighted by molar-refractivity contribution is 5.78. The number of carbonyl (C=O) groups is 1. The highest BCUT2D eigenvalue weighted by Gasteiger charge is 2.25. The summed E-state index contributed by atoms with van der Waals surface area (Å²) in [6.07, 6.45) is 5.04. The van der Waals surface area contributed by atoms with Crippen LogP contribution in [0.4, 0.5) is 0 Å². The molecule has 0 aromatic heterocycles. The van der Waals surface area contributed by atoms with Gasteiger partial charge >= 0.3 is 0 Å². The number of nitrogens with two attached hydrogens (primary N) is 1. The maximum atomic E-state index is 11.9. The molecule has 3 N–H and O–H groups in total. The van der Waals surface area contributed by atoms with Gasteiger partial charge in [-0.25, -0.2) is 0 Å². The van der Waals surface area contributed by atoms with Crippen molar-refractivity contribution < 1.29 is 4.79 Å². The summed E-state index contributed by atoms with van der Waals surface area (Å²) in [7, 11) is 0. The maximum absolute atomic E-state index is 11.9. The molecule has 0 saturated heterocycles. The molecule has 1 saturated carbocycles. The molecular formula is C14H28N2O. The third-order valence-corrected chi connectivity index (χ3v) is 4.32. The van der Waals surface area contributed by atoms with Crippen LogP contribution in [-0.4, -0.2) is 19.0 Å².